The van der Waals surface area contributed by atoms with Gasteiger partial charge in [0.2, 0.25) is 5.91 Å². The van der Waals surface area contributed by atoms with Gasteiger partial charge in [0.1, 0.15) is 0 Å². The molecule has 0 saturated carbocycles. The second kappa shape index (κ2) is 8.66. The highest BCUT2D eigenvalue weighted by Crippen LogP contribution is 2.15. The number of rotatable bonds is 6. The molecule has 0 unspecified atom stereocenters. The average molecular weight is 404 g/mol. The van der Waals surface area contributed by atoms with E-state index in [0.717, 1.165) is 6.26 Å². The molecule has 0 saturated heterocycles. The molecule has 28 heavy (non-hydrogen) atoms. The summed E-state index contributed by atoms with van der Waals surface area (Å²) in [5.74, 6) is -1.49. The van der Waals surface area contributed by atoms with E-state index >= 15 is 0 Å². The van der Waals surface area contributed by atoms with E-state index in [1.807, 2.05) is 0 Å². The lowest BCUT2D eigenvalue weighted by molar-refractivity contribution is -0.123. The zero-order valence-electron chi connectivity index (χ0n) is 15.6. The summed E-state index contributed by atoms with van der Waals surface area (Å²) in [7, 11) is -3.37. The van der Waals surface area contributed by atoms with Gasteiger partial charge in [-0.1, -0.05) is 0 Å². The molecule has 1 atom stereocenters. The van der Waals surface area contributed by atoms with E-state index in [1.165, 1.54) is 38.1 Å². The Labute approximate surface area is 162 Å². The summed E-state index contributed by atoms with van der Waals surface area (Å²) in [6.07, 6.45) is -0.00719. The van der Waals surface area contributed by atoms with Crippen molar-refractivity contribution >= 4 is 39.0 Å². The van der Waals surface area contributed by atoms with Crippen LogP contribution in [0.2, 0.25) is 0 Å². The standard InChI is InChI=1S/C19H20N2O6S/c1-12(18(23)21-16-8-6-15(7-9-16)20-13(2)22)27-19(24)14-4-10-17(11-5-14)28(3,25)26/h4-12H,1-3H3,(H,20,22)(H,21,23)/t12-/m1/s1. The van der Waals surface area contributed by atoms with Crippen LogP contribution in [0.1, 0.15) is 24.2 Å². The average Bonchev–Trinajstić information content (AvgIpc) is 2.62. The van der Waals surface area contributed by atoms with Crippen LogP contribution in [0.5, 0.6) is 0 Å². The topological polar surface area (TPSA) is 119 Å². The Morgan fingerprint density at radius 1 is 0.893 bits per heavy atom. The van der Waals surface area contributed by atoms with Gasteiger partial charge in [-0.3, -0.25) is 9.59 Å². The first-order valence-electron chi connectivity index (χ1n) is 8.26. The van der Waals surface area contributed by atoms with Gasteiger partial charge >= 0.3 is 5.97 Å². The van der Waals surface area contributed by atoms with E-state index in [-0.39, 0.29) is 16.4 Å². The molecule has 2 N–H and O–H groups in total. The molecule has 2 amide bonds. The normalized spacial score (nSPS) is 12.0. The van der Waals surface area contributed by atoms with E-state index in [9.17, 15) is 22.8 Å². The molecule has 148 valence electrons. The van der Waals surface area contributed by atoms with Gasteiger partial charge in [0.05, 0.1) is 10.5 Å². The zero-order chi connectivity index (χ0) is 20.9. The maximum atomic E-state index is 12.2. The van der Waals surface area contributed by atoms with Crippen LogP contribution in [0.25, 0.3) is 0 Å². The molecule has 2 aromatic carbocycles. The fourth-order valence-corrected chi connectivity index (χ4v) is 2.83. The van der Waals surface area contributed by atoms with Gasteiger partial charge in [-0.05, 0) is 55.5 Å². The molecule has 0 bridgehead atoms. The largest absolute Gasteiger partial charge is 0.449 e. The lowest BCUT2D eigenvalue weighted by Crippen LogP contribution is -2.30. The van der Waals surface area contributed by atoms with Crippen LogP contribution in [0.3, 0.4) is 0 Å². The fourth-order valence-electron chi connectivity index (χ4n) is 2.20. The third kappa shape index (κ3) is 5.92. The van der Waals surface area contributed by atoms with Gasteiger partial charge in [-0.15, -0.1) is 0 Å². The van der Waals surface area contributed by atoms with E-state index in [2.05, 4.69) is 10.6 Å². The molecule has 8 nitrogen and oxygen atoms in total. The summed E-state index contributed by atoms with van der Waals surface area (Å²) >= 11 is 0. The van der Waals surface area contributed by atoms with Crippen molar-refractivity contribution in [3.8, 4) is 0 Å². The number of amides is 2. The van der Waals surface area contributed by atoms with E-state index in [1.54, 1.807) is 24.3 Å². The number of nitrogens with one attached hydrogen (secondary N) is 2. The van der Waals surface area contributed by atoms with Crippen LogP contribution in [0.15, 0.2) is 53.4 Å². The molecular formula is C19H20N2O6S. The predicted molar refractivity (Wildman–Crippen MR) is 104 cm³/mol. The number of esters is 1. The number of anilines is 2. The summed E-state index contributed by atoms with van der Waals surface area (Å²) in [4.78, 5) is 35.4. The molecule has 2 rings (SSSR count). The zero-order valence-corrected chi connectivity index (χ0v) is 16.4. The Bertz CT molecular complexity index is 982. The summed E-state index contributed by atoms with van der Waals surface area (Å²) < 4.78 is 28.0. The monoisotopic (exact) mass is 404 g/mol. The molecule has 0 aliphatic heterocycles. The Morgan fingerprint density at radius 2 is 1.39 bits per heavy atom. The van der Waals surface area contributed by atoms with Crippen molar-refractivity contribution in [3.63, 3.8) is 0 Å². The predicted octanol–water partition coefficient (Wildman–Crippen LogP) is 2.23. The van der Waals surface area contributed by atoms with Crippen molar-refractivity contribution in [2.75, 3.05) is 16.9 Å². The second-order valence-corrected chi connectivity index (χ2v) is 8.11. The highest BCUT2D eigenvalue weighted by Gasteiger charge is 2.19. The van der Waals surface area contributed by atoms with Crippen molar-refractivity contribution in [2.24, 2.45) is 0 Å². The van der Waals surface area contributed by atoms with Gasteiger partial charge in [-0.25, -0.2) is 13.2 Å². The Morgan fingerprint density at radius 3 is 1.86 bits per heavy atom. The van der Waals surface area contributed by atoms with Crippen LogP contribution in [0.4, 0.5) is 11.4 Å². The molecule has 0 fully saturated rings. The van der Waals surface area contributed by atoms with Gasteiger partial charge in [-0.2, -0.15) is 0 Å². The Balaban J connectivity index is 1.96. The first-order valence-corrected chi connectivity index (χ1v) is 10.1. The van der Waals surface area contributed by atoms with Crippen LogP contribution < -0.4 is 10.6 Å². The summed E-state index contributed by atoms with van der Waals surface area (Å²) in [6, 6.07) is 11.7. The minimum Gasteiger partial charge on any atom is -0.449 e. The Hall–Kier alpha value is -3.20. The highest BCUT2D eigenvalue weighted by molar-refractivity contribution is 7.90. The third-order valence-corrected chi connectivity index (χ3v) is 4.77. The molecular weight excluding hydrogens is 384 g/mol. The first-order chi connectivity index (χ1) is 13.1. The molecule has 0 radical (unpaired) electrons. The van der Waals surface area contributed by atoms with Crippen molar-refractivity contribution in [2.45, 2.75) is 24.8 Å². The number of sulfone groups is 1. The molecule has 0 heterocycles. The van der Waals surface area contributed by atoms with Crippen molar-refractivity contribution in [3.05, 3.63) is 54.1 Å². The minimum atomic E-state index is -3.37. The maximum Gasteiger partial charge on any atom is 0.338 e. The number of benzene rings is 2. The minimum absolute atomic E-state index is 0.0811. The third-order valence-electron chi connectivity index (χ3n) is 3.64. The summed E-state index contributed by atoms with van der Waals surface area (Å²) in [5, 5.41) is 5.21. The molecule has 0 aliphatic rings. The van der Waals surface area contributed by atoms with Gasteiger partial charge in [0.15, 0.2) is 15.9 Å². The van der Waals surface area contributed by atoms with Gasteiger partial charge in [0, 0.05) is 24.6 Å². The number of hydrogen-bond acceptors (Lipinski definition) is 6. The fraction of sp³-hybridized carbons (Fsp3) is 0.211. The van der Waals surface area contributed by atoms with Crippen molar-refractivity contribution in [1.82, 2.24) is 0 Å². The SMILES string of the molecule is CC(=O)Nc1ccc(NC(=O)[C@@H](C)OC(=O)c2ccc(S(C)(=O)=O)cc2)cc1. The number of hydrogen-bond donors (Lipinski definition) is 2. The first kappa shape index (κ1) is 21.1. The van der Waals surface area contributed by atoms with E-state index in [4.69, 9.17) is 4.74 Å². The van der Waals surface area contributed by atoms with Gasteiger partial charge in [0.25, 0.3) is 5.91 Å². The van der Waals surface area contributed by atoms with Crippen LogP contribution in [-0.2, 0) is 24.2 Å². The van der Waals surface area contributed by atoms with Crippen molar-refractivity contribution < 1.29 is 27.5 Å². The summed E-state index contributed by atoms with van der Waals surface area (Å²) in [5.41, 5.74) is 1.19. The molecule has 0 aliphatic carbocycles. The highest BCUT2D eigenvalue weighted by atomic mass is 32.2. The quantitative estimate of drug-likeness (QED) is 0.713. The Kier molecular flexibility index (Phi) is 6.53. The van der Waals surface area contributed by atoms with Crippen LogP contribution in [0, 0.1) is 0 Å². The number of carbonyl (C=O) groups excluding carboxylic acids is 3. The molecule has 9 heteroatoms. The lowest BCUT2D eigenvalue weighted by atomic mass is 10.2. The number of carbonyl (C=O) groups is 3. The van der Waals surface area contributed by atoms with Crippen LogP contribution in [-0.4, -0.2) is 38.6 Å². The number of ether oxygens (including phenoxy) is 1. The smallest absolute Gasteiger partial charge is 0.338 e. The molecule has 0 aromatic heterocycles. The van der Waals surface area contributed by atoms with Crippen LogP contribution >= 0.6 is 0 Å². The second-order valence-electron chi connectivity index (χ2n) is 6.09. The van der Waals surface area contributed by atoms with Crippen molar-refractivity contribution in [1.29, 1.82) is 0 Å². The molecule has 2 aromatic rings. The van der Waals surface area contributed by atoms with Gasteiger partial charge < -0.3 is 15.4 Å². The lowest BCUT2D eigenvalue weighted by Gasteiger charge is -2.14. The van der Waals surface area contributed by atoms with E-state index in [0.29, 0.717) is 11.4 Å². The molecule has 0 spiro atoms. The summed E-state index contributed by atoms with van der Waals surface area (Å²) in [6.45, 7) is 2.81. The van der Waals surface area contributed by atoms with E-state index < -0.39 is 27.8 Å². The maximum absolute atomic E-state index is 12.2.